The first-order chi connectivity index (χ1) is 13.7. The van der Waals surface area contributed by atoms with Gasteiger partial charge < -0.3 is 10.2 Å². The van der Waals surface area contributed by atoms with Crippen LogP contribution in [0.1, 0.15) is 44.9 Å². The first-order valence-corrected chi connectivity index (χ1v) is 8.67. The first-order valence-electron chi connectivity index (χ1n) is 8.67. The lowest BCUT2D eigenvalue weighted by atomic mass is 10.0. The van der Waals surface area contributed by atoms with Crippen molar-refractivity contribution in [2.75, 3.05) is 0 Å². The molecule has 9 heteroatoms. The van der Waals surface area contributed by atoms with E-state index in [0.29, 0.717) is 5.06 Å². The lowest BCUT2D eigenvalue weighted by molar-refractivity contribution is -0.172. The summed E-state index contributed by atoms with van der Waals surface area (Å²) in [6.45, 7) is 3.10. The van der Waals surface area contributed by atoms with Crippen molar-refractivity contribution >= 4 is 23.7 Å². The summed E-state index contributed by atoms with van der Waals surface area (Å²) in [7, 11) is 0. The highest BCUT2D eigenvalue weighted by Gasteiger charge is 2.40. The van der Waals surface area contributed by atoms with Crippen LogP contribution < -0.4 is 5.32 Å². The molecule has 0 bridgehead atoms. The fourth-order valence-corrected chi connectivity index (χ4v) is 2.82. The van der Waals surface area contributed by atoms with Gasteiger partial charge in [0.1, 0.15) is 23.2 Å². The second-order valence-electron chi connectivity index (χ2n) is 6.65. The van der Waals surface area contributed by atoms with Crippen LogP contribution in [-0.4, -0.2) is 34.8 Å². The number of carbonyl (C=O) groups is 4. The van der Waals surface area contributed by atoms with E-state index >= 15 is 0 Å². The Bertz CT molecular complexity index is 966. The molecule has 2 aromatic rings. The number of nitrogens with one attached hydrogen (secondary N) is 1. The quantitative estimate of drug-likeness (QED) is 0.776. The van der Waals surface area contributed by atoms with Crippen LogP contribution in [-0.2, 0) is 9.63 Å². The molecular formula is C20H16F2N2O5. The first kappa shape index (κ1) is 20.1. The Hall–Kier alpha value is -3.62. The van der Waals surface area contributed by atoms with Crippen molar-refractivity contribution < 1.29 is 32.8 Å². The third kappa shape index (κ3) is 3.71. The molecule has 1 atom stereocenters. The van der Waals surface area contributed by atoms with Crippen molar-refractivity contribution in [3.05, 3.63) is 70.8 Å². The number of hydrogen-bond donors (Lipinski definition) is 1. The Labute approximate surface area is 164 Å². The fraction of sp³-hybridized carbons (Fsp3) is 0.200. The predicted octanol–water partition coefficient (Wildman–Crippen LogP) is 2.47. The highest BCUT2D eigenvalue weighted by Crippen LogP contribution is 2.23. The summed E-state index contributed by atoms with van der Waals surface area (Å²) in [6.07, 6.45) is 0. The molecule has 3 rings (SSSR count). The molecule has 2 aromatic carbocycles. The van der Waals surface area contributed by atoms with Crippen LogP contribution in [0.25, 0.3) is 0 Å². The number of hydrogen-bond acceptors (Lipinski definition) is 5. The number of imide groups is 1. The summed E-state index contributed by atoms with van der Waals surface area (Å²) in [5.41, 5.74) is -0.709. The topological polar surface area (TPSA) is 92.8 Å². The van der Waals surface area contributed by atoms with Crippen LogP contribution in [0.3, 0.4) is 0 Å². The van der Waals surface area contributed by atoms with E-state index in [4.69, 9.17) is 4.84 Å². The van der Waals surface area contributed by atoms with E-state index in [-0.39, 0.29) is 11.1 Å². The van der Waals surface area contributed by atoms with E-state index in [1.165, 1.54) is 12.1 Å². The molecule has 0 saturated carbocycles. The molecule has 29 heavy (non-hydrogen) atoms. The smallest absolute Gasteiger partial charge is 0.338 e. The lowest BCUT2D eigenvalue weighted by Crippen LogP contribution is -2.48. The van der Waals surface area contributed by atoms with Gasteiger partial charge >= 0.3 is 5.97 Å². The molecule has 1 aliphatic rings. The van der Waals surface area contributed by atoms with Crippen LogP contribution in [0.5, 0.6) is 0 Å². The van der Waals surface area contributed by atoms with Crippen molar-refractivity contribution in [1.29, 1.82) is 0 Å². The molecule has 1 aliphatic heterocycles. The van der Waals surface area contributed by atoms with Crippen molar-refractivity contribution in [3.63, 3.8) is 0 Å². The van der Waals surface area contributed by atoms with Gasteiger partial charge in [-0.1, -0.05) is 37.1 Å². The zero-order valence-corrected chi connectivity index (χ0v) is 15.4. The van der Waals surface area contributed by atoms with Crippen LogP contribution in [0.15, 0.2) is 42.5 Å². The third-order valence-electron chi connectivity index (χ3n) is 4.34. The van der Waals surface area contributed by atoms with Crippen LogP contribution in [0.2, 0.25) is 0 Å². The van der Waals surface area contributed by atoms with Gasteiger partial charge in [-0.25, -0.2) is 13.6 Å². The SMILES string of the molecule is CC(C)C(NC(=O)c1c(F)cccc1F)C(=O)ON1C(=O)c2ccccc2C1=O. The molecule has 3 amide bonds. The van der Waals surface area contributed by atoms with Crippen molar-refractivity contribution in [1.82, 2.24) is 10.4 Å². The van der Waals surface area contributed by atoms with E-state index in [1.54, 1.807) is 26.0 Å². The van der Waals surface area contributed by atoms with Gasteiger partial charge in [-0.15, -0.1) is 0 Å². The van der Waals surface area contributed by atoms with Crippen molar-refractivity contribution in [2.24, 2.45) is 5.92 Å². The summed E-state index contributed by atoms with van der Waals surface area (Å²) >= 11 is 0. The normalized spacial score (nSPS) is 14.0. The molecule has 0 aromatic heterocycles. The second kappa shape index (κ2) is 7.78. The Morgan fingerprint density at radius 2 is 1.45 bits per heavy atom. The third-order valence-corrected chi connectivity index (χ3v) is 4.34. The minimum atomic E-state index is -1.37. The molecule has 150 valence electrons. The molecule has 1 heterocycles. The highest BCUT2D eigenvalue weighted by atomic mass is 19.1. The van der Waals surface area contributed by atoms with Gasteiger partial charge in [0.2, 0.25) is 0 Å². The van der Waals surface area contributed by atoms with Gasteiger partial charge in [0.15, 0.2) is 0 Å². The van der Waals surface area contributed by atoms with Gasteiger partial charge in [0.25, 0.3) is 17.7 Å². The van der Waals surface area contributed by atoms with Gasteiger partial charge in [-0.05, 0) is 30.2 Å². The minimum absolute atomic E-state index is 0.0730. The van der Waals surface area contributed by atoms with E-state index in [0.717, 1.165) is 18.2 Å². The molecule has 0 aliphatic carbocycles. The maximum atomic E-state index is 13.8. The molecule has 1 N–H and O–H groups in total. The van der Waals surface area contributed by atoms with Gasteiger partial charge in [0.05, 0.1) is 11.1 Å². The van der Waals surface area contributed by atoms with Crippen LogP contribution in [0, 0.1) is 17.6 Å². The summed E-state index contributed by atoms with van der Waals surface area (Å²) in [4.78, 5) is 54.4. The number of nitrogens with zero attached hydrogens (tertiary/aromatic N) is 1. The van der Waals surface area contributed by atoms with E-state index in [2.05, 4.69) is 5.32 Å². The maximum absolute atomic E-state index is 13.8. The van der Waals surface area contributed by atoms with E-state index in [1.807, 2.05) is 0 Å². The van der Waals surface area contributed by atoms with Gasteiger partial charge in [0, 0.05) is 0 Å². The Kier molecular flexibility index (Phi) is 5.40. The summed E-state index contributed by atoms with van der Waals surface area (Å²) < 4.78 is 27.6. The van der Waals surface area contributed by atoms with Crippen LogP contribution in [0.4, 0.5) is 8.78 Å². The van der Waals surface area contributed by atoms with E-state index < -0.39 is 52.8 Å². The number of halogens is 2. The molecule has 1 unspecified atom stereocenters. The number of carbonyl (C=O) groups excluding carboxylic acids is 4. The molecule has 0 spiro atoms. The average Bonchev–Trinajstić information content (AvgIpc) is 2.91. The predicted molar refractivity (Wildman–Crippen MR) is 95.5 cm³/mol. The average molecular weight is 402 g/mol. The number of benzene rings is 2. The molecule has 0 saturated heterocycles. The Morgan fingerprint density at radius 3 is 1.93 bits per heavy atom. The maximum Gasteiger partial charge on any atom is 0.355 e. The van der Waals surface area contributed by atoms with Crippen LogP contribution >= 0.6 is 0 Å². The minimum Gasteiger partial charge on any atom is -0.338 e. The fourth-order valence-electron chi connectivity index (χ4n) is 2.82. The second-order valence-corrected chi connectivity index (χ2v) is 6.65. The number of fused-ring (bicyclic) bond motifs is 1. The monoisotopic (exact) mass is 402 g/mol. The number of rotatable bonds is 5. The van der Waals surface area contributed by atoms with Crippen molar-refractivity contribution in [3.8, 4) is 0 Å². The molecule has 0 radical (unpaired) electrons. The molecule has 7 nitrogen and oxygen atoms in total. The zero-order chi connectivity index (χ0) is 21.3. The van der Waals surface area contributed by atoms with Gasteiger partial charge in [-0.3, -0.25) is 14.4 Å². The molecular weight excluding hydrogens is 386 g/mol. The largest absolute Gasteiger partial charge is 0.355 e. The summed E-state index contributed by atoms with van der Waals surface area (Å²) in [5, 5.41) is 2.50. The molecule has 0 fully saturated rings. The Balaban J connectivity index is 1.78. The van der Waals surface area contributed by atoms with E-state index in [9.17, 15) is 28.0 Å². The number of hydroxylamine groups is 2. The standard InChI is InChI=1S/C20H16F2N2O5/c1-10(2)16(23-17(25)15-13(21)8-5-9-14(15)22)20(28)29-24-18(26)11-6-3-4-7-12(11)19(24)27/h3-10,16H,1-2H3,(H,23,25). The highest BCUT2D eigenvalue weighted by molar-refractivity contribution is 6.21. The number of amides is 3. The van der Waals surface area contributed by atoms with Crippen molar-refractivity contribution in [2.45, 2.75) is 19.9 Å². The zero-order valence-electron chi connectivity index (χ0n) is 15.4. The summed E-state index contributed by atoms with van der Waals surface area (Å²) in [6, 6.07) is 7.45. The van der Waals surface area contributed by atoms with Gasteiger partial charge in [-0.2, -0.15) is 0 Å². The lowest BCUT2D eigenvalue weighted by Gasteiger charge is -2.22. The summed E-state index contributed by atoms with van der Waals surface area (Å²) in [5.74, 6) is -6.71. The Morgan fingerprint density at radius 1 is 0.931 bits per heavy atom.